The van der Waals surface area contributed by atoms with Crippen molar-refractivity contribution in [2.45, 2.75) is 38.3 Å². The number of morpholine rings is 1. The minimum Gasteiger partial charge on any atom is -0.478 e. The maximum absolute atomic E-state index is 10.9. The monoisotopic (exact) mass is 332 g/mol. The standard InChI is InChI=1S/C19H28N2O3/c1-2-19(21-11-13-24-14-12-21)7-9-20(10-8-19)15-16-3-5-17(6-4-16)18(22)23/h3-6H,2,7-15H2,1H3,(H,22,23). The van der Waals surface area contributed by atoms with Crippen LogP contribution in [0.1, 0.15) is 42.1 Å². The zero-order valence-corrected chi connectivity index (χ0v) is 14.5. The normalized spacial score (nSPS) is 22.4. The van der Waals surface area contributed by atoms with Crippen molar-refractivity contribution < 1.29 is 14.6 Å². The van der Waals surface area contributed by atoms with Gasteiger partial charge in [-0.25, -0.2) is 4.79 Å². The van der Waals surface area contributed by atoms with Crippen LogP contribution in [-0.2, 0) is 11.3 Å². The molecule has 1 aromatic carbocycles. The molecule has 0 amide bonds. The van der Waals surface area contributed by atoms with Crippen LogP contribution in [0.15, 0.2) is 24.3 Å². The zero-order chi connectivity index (χ0) is 17.0. The van der Waals surface area contributed by atoms with E-state index in [9.17, 15) is 4.79 Å². The molecule has 132 valence electrons. The van der Waals surface area contributed by atoms with E-state index in [2.05, 4.69) is 16.7 Å². The Balaban J connectivity index is 1.56. The van der Waals surface area contributed by atoms with Gasteiger partial charge in [0.25, 0.3) is 0 Å². The molecule has 1 N–H and O–H groups in total. The Kier molecular flexibility index (Phi) is 5.54. The summed E-state index contributed by atoms with van der Waals surface area (Å²) in [6, 6.07) is 7.28. The number of piperidine rings is 1. The van der Waals surface area contributed by atoms with Crippen LogP contribution in [0.3, 0.4) is 0 Å². The van der Waals surface area contributed by atoms with E-state index in [1.54, 1.807) is 12.1 Å². The highest BCUT2D eigenvalue weighted by Gasteiger charge is 2.38. The summed E-state index contributed by atoms with van der Waals surface area (Å²) in [5, 5.41) is 8.98. The van der Waals surface area contributed by atoms with E-state index in [1.807, 2.05) is 12.1 Å². The van der Waals surface area contributed by atoms with Crippen LogP contribution in [-0.4, -0.2) is 65.8 Å². The fourth-order valence-electron chi connectivity index (χ4n) is 4.07. The summed E-state index contributed by atoms with van der Waals surface area (Å²) in [6.07, 6.45) is 3.61. The molecule has 2 heterocycles. The first-order valence-electron chi connectivity index (χ1n) is 9.00. The predicted molar refractivity (Wildman–Crippen MR) is 93.3 cm³/mol. The second kappa shape index (κ2) is 7.64. The van der Waals surface area contributed by atoms with Crippen LogP contribution in [0.2, 0.25) is 0 Å². The molecule has 2 aliphatic rings. The smallest absolute Gasteiger partial charge is 0.335 e. The number of carboxylic acids is 1. The lowest BCUT2D eigenvalue weighted by Crippen LogP contribution is -2.58. The van der Waals surface area contributed by atoms with Gasteiger partial charge < -0.3 is 9.84 Å². The number of hydrogen-bond donors (Lipinski definition) is 1. The number of likely N-dealkylation sites (tertiary alicyclic amines) is 1. The van der Waals surface area contributed by atoms with Crippen LogP contribution in [0, 0.1) is 0 Å². The summed E-state index contributed by atoms with van der Waals surface area (Å²) in [5.74, 6) is -0.863. The van der Waals surface area contributed by atoms with E-state index in [0.29, 0.717) is 11.1 Å². The Labute approximate surface area is 144 Å². The third-order valence-corrected chi connectivity index (χ3v) is 5.73. The first kappa shape index (κ1) is 17.4. The fourth-order valence-corrected chi connectivity index (χ4v) is 4.07. The van der Waals surface area contributed by atoms with Gasteiger partial charge in [0.1, 0.15) is 0 Å². The third-order valence-electron chi connectivity index (χ3n) is 5.73. The number of benzene rings is 1. The van der Waals surface area contributed by atoms with Crippen molar-refractivity contribution in [3.8, 4) is 0 Å². The van der Waals surface area contributed by atoms with Crippen molar-refractivity contribution in [1.82, 2.24) is 9.80 Å². The maximum Gasteiger partial charge on any atom is 0.335 e. The molecule has 0 unspecified atom stereocenters. The van der Waals surface area contributed by atoms with E-state index < -0.39 is 5.97 Å². The first-order valence-corrected chi connectivity index (χ1v) is 9.00. The highest BCUT2D eigenvalue weighted by atomic mass is 16.5. The topological polar surface area (TPSA) is 53.0 Å². The second-order valence-corrected chi connectivity index (χ2v) is 6.96. The Morgan fingerprint density at radius 3 is 2.29 bits per heavy atom. The Morgan fingerprint density at radius 1 is 1.12 bits per heavy atom. The van der Waals surface area contributed by atoms with Crippen molar-refractivity contribution in [1.29, 1.82) is 0 Å². The Morgan fingerprint density at radius 2 is 1.75 bits per heavy atom. The molecular formula is C19H28N2O3. The summed E-state index contributed by atoms with van der Waals surface area (Å²) in [6.45, 7) is 9.27. The Hall–Kier alpha value is -1.43. The maximum atomic E-state index is 10.9. The van der Waals surface area contributed by atoms with Crippen molar-refractivity contribution in [3.63, 3.8) is 0 Å². The van der Waals surface area contributed by atoms with Crippen LogP contribution >= 0.6 is 0 Å². The molecule has 0 aromatic heterocycles. The molecule has 2 aliphatic heterocycles. The van der Waals surface area contributed by atoms with Gasteiger partial charge in [-0.2, -0.15) is 0 Å². The lowest BCUT2D eigenvalue weighted by molar-refractivity contribution is -0.0502. The van der Waals surface area contributed by atoms with E-state index >= 15 is 0 Å². The molecule has 1 aromatic rings. The molecule has 5 heteroatoms. The summed E-state index contributed by atoms with van der Waals surface area (Å²) in [5.41, 5.74) is 1.89. The van der Waals surface area contributed by atoms with E-state index in [4.69, 9.17) is 9.84 Å². The van der Waals surface area contributed by atoms with Gasteiger partial charge in [-0.1, -0.05) is 19.1 Å². The largest absolute Gasteiger partial charge is 0.478 e. The molecule has 0 radical (unpaired) electrons. The average molecular weight is 332 g/mol. The zero-order valence-electron chi connectivity index (χ0n) is 14.5. The fraction of sp³-hybridized carbons (Fsp3) is 0.632. The number of hydrogen-bond acceptors (Lipinski definition) is 4. The molecule has 0 aliphatic carbocycles. The van der Waals surface area contributed by atoms with Gasteiger partial charge in [0, 0.05) is 38.3 Å². The van der Waals surface area contributed by atoms with Crippen LogP contribution in [0.25, 0.3) is 0 Å². The summed E-state index contributed by atoms with van der Waals surface area (Å²) >= 11 is 0. The third kappa shape index (κ3) is 3.79. The highest BCUT2D eigenvalue weighted by molar-refractivity contribution is 5.87. The highest BCUT2D eigenvalue weighted by Crippen LogP contribution is 2.33. The summed E-state index contributed by atoms with van der Waals surface area (Å²) < 4.78 is 5.51. The van der Waals surface area contributed by atoms with Crippen molar-refractivity contribution in [2.24, 2.45) is 0 Å². The van der Waals surface area contributed by atoms with Gasteiger partial charge in [-0.15, -0.1) is 0 Å². The SMILES string of the molecule is CCC1(N2CCOCC2)CCN(Cc2ccc(C(=O)O)cc2)CC1. The van der Waals surface area contributed by atoms with Gasteiger partial charge in [0.15, 0.2) is 0 Å². The van der Waals surface area contributed by atoms with Gasteiger partial charge in [-0.05, 0) is 37.0 Å². The van der Waals surface area contributed by atoms with Crippen LogP contribution < -0.4 is 0 Å². The van der Waals surface area contributed by atoms with Crippen molar-refractivity contribution in [2.75, 3.05) is 39.4 Å². The molecule has 0 saturated carbocycles. The number of aromatic carboxylic acids is 1. The molecule has 0 bridgehead atoms. The van der Waals surface area contributed by atoms with Gasteiger partial charge >= 0.3 is 5.97 Å². The summed E-state index contributed by atoms with van der Waals surface area (Å²) in [7, 11) is 0. The molecule has 5 nitrogen and oxygen atoms in total. The predicted octanol–water partition coefficient (Wildman–Crippen LogP) is 2.46. The van der Waals surface area contributed by atoms with Crippen molar-refractivity contribution in [3.05, 3.63) is 35.4 Å². The lowest BCUT2D eigenvalue weighted by Gasteiger charge is -2.50. The molecule has 2 saturated heterocycles. The minimum atomic E-state index is -0.863. The van der Waals surface area contributed by atoms with E-state index in [0.717, 1.165) is 45.9 Å². The van der Waals surface area contributed by atoms with Gasteiger partial charge in [-0.3, -0.25) is 9.80 Å². The molecule has 3 rings (SSSR count). The average Bonchev–Trinajstić information content (AvgIpc) is 2.64. The first-order chi connectivity index (χ1) is 11.6. The second-order valence-electron chi connectivity index (χ2n) is 6.96. The molecule has 2 fully saturated rings. The number of ether oxygens (including phenoxy) is 1. The number of carboxylic acid groups (broad SMARTS) is 1. The van der Waals surface area contributed by atoms with Crippen molar-refractivity contribution >= 4 is 5.97 Å². The number of rotatable bonds is 5. The summed E-state index contributed by atoms with van der Waals surface area (Å²) in [4.78, 5) is 16.1. The van der Waals surface area contributed by atoms with Gasteiger partial charge in [0.05, 0.1) is 18.8 Å². The quantitative estimate of drug-likeness (QED) is 0.898. The number of carbonyl (C=O) groups is 1. The van der Waals surface area contributed by atoms with E-state index in [1.165, 1.54) is 24.8 Å². The Bertz CT molecular complexity index is 544. The van der Waals surface area contributed by atoms with Gasteiger partial charge in [0.2, 0.25) is 0 Å². The molecule has 0 spiro atoms. The van der Waals surface area contributed by atoms with Crippen LogP contribution in [0.4, 0.5) is 0 Å². The lowest BCUT2D eigenvalue weighted by atomic mass is 9.82. The van der Waals surface area contributed by atoms with E-state index in [-0.39, 0.29) is 0 Å². The number of nitrogens with zero attached hydrogens (tertiary/aromatic N) is 2. The molecule has 0 atom stereocenters. The molecular weight excluding hydrogens is 304 g/mol. The molecule has 24 heavy (non-hydrogen) atoms. The minimum absolute atomic E-state index is 0.341. The van der Waals surface area contributed by atoms with Crippen LogP contribution in [0.5, 0.6) is 0 Å².